The molecule has 0 saturated carbocycles. The first-order valence-corrected chi connectivity index (χ1v) is 4.45. The monoisotopic (exact) mass is 428 g/mol. The van der Waals surface area contributed by atoms with E-state index in [4.69, 9.17) is 0 Å². The van der Waals surface area contributed by atoms with Crippen molar-refractivity contribution in [2.75, 3.05) is 0 Å². The Hall–Kier alpha value is 0.752. The molecule has 0 fully saturated rings. The summed E-state index contributed by atoms with van der Waals surface area (Å²) in [6, 6.07) is 12.2. The smallest absolute Gasteiger partial charge is 0 e. The van der Waals surface area contributed by atoms with Gasteiger partial charge in [0.25, 0.3) is 0 Å². The van der Waals surface area contributed by atoms with Crippen LogP contribution in [0.1, 0.15) is 31.2 Å². The van der Waals surface area contributed by atoms with Crippen molar-refractivity contribution in [1.82, 2.24) is 0 Å². The van der Waals surface area contributed by atoms with Gasteiger partial charge in [-0.3, -0.25) is 12.1 Å². The van der Waals surface area contributed by atoms with Gasteiger partial charge < -0.3 is 29.3 Å². The summed E-state index contributed by atoms with van der Waals surface area (Å²) in [4.78, 5) is 0. The molecular weight excluding hydrogens is 417 g/mol. The molecule has 1 aromatic carbocycles. The SMILES string of the molecule is [C-]1=C(c2[c-]ccc[c-]2)CCCC1.[W].[Y]. The fourth-order valence-electron chi connectivity index (χ4n) is 1.49. The second-order valence-corrected chi connectivity index (χ2v) is 3.05. The van der Waals surface area contributed by atoms with E-state index in [-0.39, 0.29) is 53.8 Å². The molecule has 1 radical (unpaired) electrons. The first-order chi connectivity index (χ1) is 5.97. The molecule has 2 heteroatoms. The number of rotatable bonds is 1. The average Bonchev–Trinajstić information content (AvgIpc) is 2.21. The largest absolute Gasteiger partial charge is 0.447 e. The Morgan fingerprint density at radius 3 is 2.36 bits per heavy atom. The van der Waals surface area contributed by atoms with Crippen molar-refractivity contribution in [3.8, 4) is 0 Å². The summed E-state index contributed by atoms with van der Waals surface area (Å²) >= 11 is 0. The zero-order valence-electron chi connectivity index (χ0n) is 8.05. The molecule has 0 saturated heterocycles. The van der Waals surface area contributed by atoms with Crippen molar-refractivity contribution in [2.24, 2.45) is 0 Å². The van der Waals surface area contributed by atoms with E-state index in [1.165, 1.54) is 18.4 Å². The van der Waals surface area contributed by atoms with Crippen LogP contribution in [0.5, 0.6) is 0 Å². The fourth-order valence-corrected chi connectivity index (χ4v) is 1.49. The molecule has 0 spiro atoms. The molecule has 14 heavy (non-hydrogen) atoms. The first-order valence-electron chi connectivity index (χ1n) is 4.45. The quantitative estimate of drug-likeness (QED) is 0.604. The Morgan fingerprint density at radius 2 is 1.79 bits per heavy atom. The molecule has 0 nitrogen and oxygen atoms in total. The Balaban J connectivity index is 0.000000845. The van der Waals surface area contributed by atoms with Gasteiger partial charge in [0.2, 0.25) is 0 Å². The second kappa shape index (κ2) is 7.97. The predicted octanol–water partition coefficient (Wildman–Crippen LogP) is 3.04. The average molecular weight is 428 g/mol. The molecule has 0 heterocycles. The van der Waals surface area contributed by atoms with Crippen molar-refractivity contribution < 1.29 is 53.8 Å². The fraction of sp³-hybridized carbons (Fsp3) is 0.333. The van der Waals surface area contributed by atoms with E-state index in [1.54, 1.807) is 0 Å². The Bertz CT molecular complexity index is 280. The van der Waals surface area contributed by atoms with Gasteiger partial charge in [-0.15, -0.1) is 12.8 Å². The van der Waals surface area contributed by atoms with Crippen LogP contribution in [0, 0.1) is 18.2 Å². The van der Waals surface area contributed by atoms with Crippen LogP contribution >= 0.6 is 0 Å². The summed E-state index contributed by atoms with van der Waals surface area (Å²) in [5, 5.41) is 0. The van der Waals surface area contributed by atoms with Gasteiger partial charge in [-0.05, 0) is 0 Å². The maximum atomic E-state index is 3.39. The molecular formula is C12H11WY-3. The van der Waals surface area contributed by atoms with Gasteiger partial charge in [0.05, 0.1) is 0 Å². The number of hydrogen-bond acceptors (Lipinski definition) is 0. The van der Waals surface area contributed by atoms with Gasteiger partial charge in [-0.25, -0.2) is 6.07 Å². The topological polar surface area (TPSA) is 0 Å². The molecule has 2 rings (SSSR count). The number of benzene rings is 1. The maximum absolute atomic E-state index is 3.39. The minimum Gasteiger partial charge on any atom is -0.447 e. The standard InChI is InChI=1S/C12H11.W.Y/c1-3-7-11(8-4-1)12-9-5-2-6-10-12;;/h1,3-4H,2,5-6,9H2;;/q-3;;. The van der Waals surface area contributed by atoms with Gasteiger partial charge in [0, 0.05) is 53.8 Å². The Labute approximate surface area is 126 Å². The molecule has 0 aliphatic heterocycles. The van der Waals surface area contributed by atoms with Crippen molar-refractivity contribution in [1.29, 1.82) is 0 Å². The third-order valence-electron chi connectivity index (χ3n) is 2.14. The first kappa shape index (κ1) is 14.8. The van der Waals surface area contributed by atoms with Crippen LogP contribution in [0.15, 0.2) is 18.2 Å². The summed E-state index contributed by atoms with van der Waals surface area (Å²) in [6.45, 7) is 0. The molecule has 0 aromatic heterocycles. The van der Waals surface area contributed by atoms with Gasteiger partial charge in [0.1, 0.15) is 0 Å². The summed E-state index contributed by atoms with van der Waals surface area (Å²) in [7, 11) is 0. The van der Waals surface area contributed by atoms with Crippen LogP contribution in [-0.2, 0) is 53.8 Å². The minimum absolute atomic E-state index is 0. The molecule has 71 valence electrons. The van der Waals surface area contributed by atoms with E-state index >= 15 is 0 Å². The Morgan fingerprint density at radius 1 is 1.07 bits per heavy atom. The van der Waals surface area contributed by atoms with Crippen molar-refractivity contribution >= 4 is 5.57 Å². The van der Waals surface area contributed by atoms with E-state index < -0.39 is 0 Å². The van der Waals surface area contributed by atoms with Crippen LogP contribution in [0.4, 0.5) is 0 Å². The summed E-state index contributed by atoms with van der Waals surface area (Å²) < 4.78 is 0. The third-order valence-corrected chi connectivity index (χ3v) is 2.14. The number of allylic oxidation sites excluding steroid dienone is 2. The zero-order valence-corrected chi connectivity index (χ0v) is 13.8. The second-order valence-electron chi connectivity index (χ2n) is 3.05. The number of hydrogen-bond donors (Lipinski definition) is 0. The predicted molar refractivity (Wildman–Crippen MR) is 49.2 cm³/mol. The molecule has 1 aromatic rings. The van der Waals surface area contributed by atoms with Gasteiger partial charge >= 0.3 is 0 Å². The van der Waals surface area contributed by atoms with E-state index in [2.05, 4.69) is 18.2 Å². The molecule has 0 amide bonds. The van der Waals surface area contributed by atoms with Crippen LogP contribution in [-0.4, -0.2) is 0 Å². The minimum atomic E-state index is 0. The van der Waals surface area contributed by atoms with Crippen molar-refractivity contribution in [3.63, 3.8) is 0 Å². The molecule has 0 unspecified atom stereocenters. The van der Waals surface area contributed by atoms with Crippen LogP contribution in [0.3, 0.4) is 0 Å². The maximum Gasteiger partial charge on any atom is 0 e. The summed E-state index contributed by atoms with van der Waals surface area (Å²) in [5.74, 6) is 0. The van der Waals surface area contributed by atoms with E-state index in [1.807, 2.05) is 18.2 Å². The third kappa shape index (κ3) is 4.09. The molecule has 1 aliphatic rings. The van der Waals surface area contributed by atoms with Crippen molar-refractivity contribution in [3.05, 3.63) is 42.0 Å². The Kier molecular flexibility index (Phi) is 8.40. The van der Waals surface area contributed by atoms with Crippen LogP contribution in [0.25, 0.3) is 5.57 Å². The summed E-state index contributed by atoms with van der Waals surface area (Å²) in [5.41, 5.74) is 2.42. The molecule has 0 atom stereocenters. The zero-order chi connectivity index (χ0) is 8.23. The van der Waals surface area contributed by atoms with E-state index in [0.29, 0.717) is 0 Å². The van der Waals surface area contributed by atoms with Gasteiger partial charge in [-0.2, -0.15) is 0 Å². The van der Waals surface area contributed by atoms with E-state index in [0.717, 1.165) is 18.4 Å². The normalized spacial score (nSPS) is 14.7. The molecule has 1 aliphatic carbocycles. The van der Waals surface area contributed by atoms with E-state index in [9.17, 15) is 0 Å². The van der Waals surface area contributed by atoms with Crippen LogP contribution < -0.4 is 0 Å². The van der Waals surface area contributed by atoms with Gasteiger partial charge in [0.15, 0.2) is 0 Å². The van der Waals surface area contributed by atoms with Crippen molar-refractivity contribution in [2.45, 2.75) is 25.7 Å². The molecule has 0 bridgehead atoms. The van der Waals surface area contributed by atoms with Gasteiger partial charge in [-0.1, -0.05) is 12.8 Å². The van der Waals surface area contributed by atoms with Crippen LogP contribution in [0.2, 0.25) is 0 Å². The summed E-state index contributed by atoms with van der Waals surface area (Å²) in [6.07, 6.45) is 8.22. The molecule has 0 N–H and O–H groups in total.